The van der Waals surface area contributed by atoms with Crippen molar-refractivity contribution in [2.75, 3.05) is 32.8 Å². The lowest BCUT2D eigenvalue weighted by molar-refractivity contribution is 0.0705. The predicted molar refractivity (Wildman–Crippen MR) is 180 cm³/mol. The Labute approximate surface area is 279 Å². The zero-order chi connectivity index (χ0) is 32.9. The molecule has 12 heteroatoms. The number of ether oxygens (including phenoxy) is 1. The fraction of sp³-hybridized carbons (Fsp3) is 0.389. The van der Waals surface area contributed by atoms with E-state index >= 15 is 0 Å². The molecule has 2 amide bonds. The minimum absolute atomic E-state index is 0.00795. The van der Waals surface area contributed by atoms with Gasteiger partial charge >= 0.3 is 0 Å². The molecule has 1 aliphatic carbocycles. The molecule has 0 N–H and O–H groups in total. The third-order valence-electron chi connectivity index (χ3n) is 9.19. The number of benzene rings is 2. The van der Waals surface area contributed by atoms with Crippen LogP contribution < -0.4 is 4.74 Å². The molecule has 7 rings (SSSR count). The minimum Gasteiger partial charge on any atom is -0.494 e. The summed E-state index contributed by atoms with van der Waals surface area (Å²) in [6, 6.07) is 17.5. The van der Waals surface area contributed by atoms with Crippen LogP contribution >= 0.6 is 0 Å². The summed E-state index contributed by atoms with van der Waals surface area (Å²) in [6.07, 6.45) is 11.5. The zero-order valence-electron chi connectivity index (χ0n) is 27.4. The van der Waals surface area contributed by atoms with Gasteiger partial charge < -0.3 is 19.1 Å². The summed E-state index contributed by atoms with van der Waals surface area (Å²) in [5.41, 5.74) is 4.92. The van der Waals surface area contributed by atoms with Gasteiger partial charge in [0.05, 0.1) is 24.2 Å². The summed E-state index contributed by atoms with van der Waals surface area (Å²) >= 11 is 0. The average molecular weight is 648 g/mol. The van der Waals surface area contributed by atoms with Crippen molar-refractivity contribution in [3.05, 3.63) is 95.8 Å². The highest BCUT2D eigenvalue weighted by molar-refractivity contribution is 5.94. The van der Waals surface area contributed by atoms with E-state index in [-0.39, 0.29) is 11.8 Å². The Kier molecular flexibility index (Phi) is 9.30. The van der Waals surface area contributed by atoms with Gasteiger partial charge in [0.2, 0.25) is 0 Å². The Hall–Kier alpha value is -5.26. The van der Waals surface area contributed by atoms with E-state index in [1.807, 2.05) is 77.6 Å². The second-order valence-corrected chi connectivity index (χ2v) is 12.5. The van der Waals surface area contributed by atoms with Crippen molar-refractivity contribution in [1.82, 2.24) is 44.1 Å². The van der Waals surface area contributed by atoms with Crippen molar-refractivity contribution in [2.24, 2.45) is 7.05 Å². The number of hydrogen-bond donors (Lipinski definition) is 0. The lowest BCUT2D eigenvalue weighted by Crippen LogP contribution is -2.37. The molecule has 1 aliphatic heterocycles. The van der Waals surface area contributed by atoms with Gasteiger partial charge in [-0.1, -0.05) is 35.5 Å². The molecule has 2 aromatic carbocycles. The molecule has 2 aliphatic rings. The highest BCUT2D eigenvalue weighted by Gasteiger charge is 2.28. The Balaban J connectivity index is 1.14. The van der Waals surface area contributed by atoms with Crippen LogP contribution in [0.15, 0.2) is 73.2 Å². The first kappa shape index (κ1) is 31.3. The maximum atomic E-state index is 14.3. The van der Waals surface area contributed by atoms with Gasteiger partial charge in [-0.3, -0.25) is 14.3 Å². The summed E-state index contributed by atoms with van der Waals surface area (Å²) in [5, 5.41) is 13.2. The fourth-order valence-electron chi connectivity index (χ4n) is 6.71. The van der Waals surface area contributed by atoms with Gasteiger partial charge in [0.25, 0.3) is 11.8 Å². The molecule has 248 valence electrons. The molecule has 5 aromatic rings. The number of fused-ring (bicyclic) bond motifs is 5. The highest BCUT2D eigenvalue weighted by Crippen LogP contribution is 2.26. The topological polar surface area (TPSA) is 116 Å². The summed E-state index contributed by atoms with van der Waals surface area (Å²) in [7, 11) is 1.88. The molecule has 0 saturated carbocycles. The predicted octanol–water partition coefficient (Wildman–Crippen LogP) is 4.59. The molecule has 48 heavy (non-hydrogen) atoms. The van der Waals surface area contributed by atoms with Crippen LogP contribution in [-0.4, -0.2) is 88.7 Å². The standard InChI is InChI=1S/C36H41N9O3/c1-41-33(30-15-5-6-16-31(30)39-41)36(47)44-19-8-7-18-43(35(46)32-26-45(40-38-32)28-12-3-2-4-13-28)20-10-24-48-29-14-9-11-27(25-29)34-37-17-21-42(34)22-23-44/h2-4,9,11-14,17,21,25-26H,5-8,10,15-16,18-20,22-24H2,1H3. The smallest absolute Gasteiger partial charge is 0.276 e. The maximum absolute atomic E-state index is 14.3. The average Bonchev–Trinajstić information content (AvgIpc) is 3.87. The number of aryl methyl sites for hydroxylation is 2. The number of aromatic nitrogens is 7. The van der Waals surface area contributed by atoms with Crippen molar-refractivity contribution in [3.8, 4) is 22.8 Å². The molecule has 0 spiro atoms. The van der Waals surface area contributed by atoms with Gasteiger partial charge in [0.15, 0.2) is 5.69 Å². The lowest BCUT2D eigenvalue weighted by Gasteiger charge is -2.26. The number of hydrogen-bond acceptors (Lipinski definition) is 7. The van der Waals surface area contributed by atoms with Crippen LogP contribution in [0.2, 0.25) is 0 Å². The molecule has 12 nitrogen and oxygen atoms in total. The molecule has 0 saturated heterocycles. The van der Waals surface area contributed by atoms with Crippen LogP contribution in [0.5, 0.6) is 5.75 Å². The van der Waals surface area contributed by atoms with Crippen LogP contribution in [0.4, 0.5) is 0 Å². The molecule has 0 radical (unpaired) electrons. The van der Waals surface area contributed by atoms with Gasteiger partial charge in [0.1, 0.15) is 17.3 Å². The van der Waals surface area contributed by atoms with Crippen LogP contribution in [0.1, 0.15) is 64.3 Å². The monoisotopic (exact) mass is 647 g/mol. The quantitative estimate of drug-likeness (QED) is 0.281. The second-order valence-electron chi connectivity index (χ2n) is 12.5. The third kappa shape index (κ3) is 6.73. The van der Waals surface area contributed by atoms with Gasteiger partial charge in [-0.2, -0.15) is 5.10 Å². The Morgan fingerprint density at radius 3 is 2.46 bits per heavy atom. The van der Waals surface area contributed by atoms with Crippen molar-refractivity contribution < 1.29 is 14.3 Å². The second kappa shape index (κ2) is 14.2. The zero-order valence-corrected chi connectivity index (χ0v) is 27.4. The van der Waals surface area contributed by atoms with E-state index in [2.05, 4.69) is 19.9 Å². The Bertz CT molecular complexity index is 1880. The van der Waals surface area contributed by atoms with E-state index in [0.717, 1.165) is 72.6 Å². The van der Waals surface area contributed by atoms with E-state index in [0.29, 0.717) is 57.1 Å². The van der Waals surface area contributed by atoms with Crippen LogP contribution in [0, 0.1) is 0 Å². The molecule has 0 fully saturated rings. The van der Waals surface area contributed by atoms with E-state index in [9.17, 15) is 9.59 Å². The molecular formula is C36H41N9O3. The summed E-state index contributed by atoms with van der Waals surface area (Å²) in [5.74, 6) is 1.41. The molecule has 2 bridgehead atoms. The number of para-hydroxylation sites is 1. The van der Waals surface area contributed by atoms with Crippen molar-refractivity contribution in [1.29, 1.82) is 0 Å². The van der Waals surface area contributed by atoms with E-state index in [1.54, 1.807) is 21.8 Å². The van der Waals surface area contributed by atoms with E-state index < -0.39 is 0 Å². The van der Waals surface area contributed by atoms with Gasteiger partial charge in [-0.05, 0) is 69.2 Å². The number of carbonyl (C=O) groups excluding carboxylic acids is 2. The lowest BCUT2D eigenvalue weighted by atomic mass is 9.95. The first-order chi connectivity index (χ1) is 23.5. The summed E-state index contributed by atoms with van der Waals surface area (Å²) in [4.78, 5) is 36.4. The minimum atomic E-state index is -0.169. The largest absolute Gasteiger partial charge is 0.494 e. The van der Waals surface area contributed by atoms with E-state index in [4.69, 9.17) is 9.84 Å². The van der Waals surface area contributed by atoms with Crippen LogP contribution in [0.25, 0.3) is 17.1 Å². The molecule has 0 atom stereocenters. The summed E-state index contributed by atoms with van der Waals surface area (Å²) in [6.45, 7) is 3.16. The first-order valence-electron chi connectivity index (χ1n) is 16.9. The highest BCUT2D eigenvalue weighted by atomic mass is 16.5. The molecular weight excluding hydrogens is 606 g/mol. The summed E-state index contributed by atoms with van der Waals surface area (Å²) < 4.78 is 11.6. The van der Waals surface area contributed by atoms with Gasteiger partial charge in [0, 0.05) is 63.3 Å². The maximum Gasteiger partial charge on any atom is 0.276 e. The normalized spacial score (nSPS) is 16.0. The fourth-order valence-corrected chi connectivity index (χ4v) is 6.71. The van der Waals surface area contributed by atoms with Gasteiger partial charge in [-0.25, -0.2) is 9.67 Å². The van der Waals surface area contributed by atoms with Crippen molar-refractivity contribution in [3.63, 3.8) is 0 Å². The number of amides is 2. The SMILES string of the molecule is Cn1nc2c(c1C(=O)N1CCCCN(C(=O)c3cn(-c4ccccc4)nn3)CCCOc3cccc(c3)-c3nccn3CC1)CCCC2. The number of imidazole rings is 1. The number of rotatable bonds is 3. The van der Waals surface area contributed by atoms with E-state index in [1.165, 1.54) is 0 Å². The number of nitrogens with zero attached hydrogens (tertiary/aromatic N) is 9. The van der Waals surface area contributed by atoms with Gasteiger partial charge in [-0.15, -0.1) is 5.10 Å². The van der Waals surface area contributed by atoms with Crippen molar-refractivity contribution >= 4 is 11.8 Å². The molecule has 3 aromatic heterocycles. The number of carbonyl (C=O) groups is 2. The van der Waals surface area contributed by atoms with Crippen molar-refractivity contribution in [2.45, 2.75) is 51.5 Å². The Morgan fingerprint density at radius 1 is 0.812 bits per heavy atom. The third-order valence-corrected chi connectivity index (χ3v) is 9.19. The van der Waals surface area contributed by atoms with Crippen LogP contribution in [-0.2, 0) is 26.4 Å². The first-order valence-corrected chi connectivity index (χ1v) is 16.9. The molecule has 0 unspecified atom stereocenters. The molecule has 4 heterocycles. The van der Waals surface area contributed by atoms with Crippen LogP contribution in [0.3, 0.4) is 0 Å². The Morgan fingerprint density at radius 2 is 1.60 bits per heavy atom.